The van der Waals surface area contributed by atoms with Crippen LogP contribution < -0.4 is 4.74 Å². The van der Waals surface area contributed by atoms with Crippen molar-refractivity contribution in [3.8, 4) is 5.75 Å². The number of para-hydroxylation sites is 1. The van der Waals surface area contributed by atoms with Crippen molar-refractivity contribution in [2.45, 2.75) is 32.7 Å². The first-order valence-electron chi connectivity index (χ1n) is 9.10. The van der Waals surface area contributed by atoms with Crippen LogP contribution in [0.15, 0.2) is 24.3 Å². The maximum atomic E-state index is 12.6. The van der Waals surface area contributed by atoms with Crippen LogP contribution in [0.1, 0.15) is 18.9 Å². The van der Waals surface area contributed by atoms with Gasteiger partial charge in [0.2, 0.25) is 0 Å². The van der Waals surface area contributed by atoms with Gasteiger partial charge >= 0.3 is 0 Å². The molecule has 0 spiro atoms. The summed E-state index contributed by atoms with van der Waals surface area (Å²) < 4.78 is 16.8. The van der Waals surface area contributed by atoms with Crippen LogP contribution in [-0.2, 0) is 14.3 Å². The van der Waals surface area contributed by atoms with Crippen molar-refractivity contribution in [3.05, 3.63) is 29.8 Å². The van der Waals surface area contributed by atoms with Crippen LogP contribution in [0.3, 0.4) is 0 Å². The Morgan fingerprint density at radius 1 is 1.20 bits per heavy atom. The molecule has 1 atom stereocenters. The maximum absolute atomic E-state index is 12.6. The zero-order valence-corrected chi connectivity index (χ0v) is 15.1. The summed E-state index contributed by atoms with van der Waals surface area (Å²) in [6, 6.07) is 7.79. The van der Waals surface area contributed by atoms with Crippen molar-refractivity contribution in [2.24, 2.45) is 0 Å². The summed E-state index contributed by atoms with van der Waals surface area (Å²) in [7, 11) is 0. The van der Waals surface area contributed by atoms with Crippen molar-refractivity contribution in [1.29, 1.82) is 0 Å². The van der Waals surface area contributed by atoms with E-state index in [-0.39, 0.29) is 12.2 Å². The highest BCUT2D eigenvalue weighted by Crippen LogP contribution is 2.19. The summed E-state index contributed by atoms with van der Waals surface area (Å²) in [6.45, 7) is 9.42. The first kappa shape index (κ1) is 18.2. The third-order valence-corrected chi connectivity index (χ3v) is 4.80. The number of piperazine rings is 1. The molecular weight excluding hydrogens is 320 g/mol. The smallest absolute Gasteiger partial charge is 0.263 e. The highest BCUT2D eigenvalue weighted by Gasteiger charge is 2.27. The van der Waals surface area contributed by atoms with Gasteiger partial charge < -0.3 is 19.1 Å². The van der Waals surface area contributed by atoms with E-state index in [4.69, 9.17) is 14.2 Å². The van der Waals surface area contributed by atoms with Gasteiger partial charge in [0.05, 0.1) is 13.2 Å². The lowest BCUT2D eigenvalue weighted by Crippen LogP contribution is -2.52. The molecular formula is C19H28N2O4. The zero-order valence-electron chi connectivity index (χ0n) is 15.1. The van der Waals surface area contributed by atoms with Gasteiger partial charge in [0.15, 0.2) is 12.4 Å². The Kier molecular flexibility index (Phi) is 6.29. The van der Waals surface area contributed by atoms with Gasteiger partial charge in [-0.2, -0.15) is 0 Å². The van der Waals surface area contributed by atoms with E-state index >= 15 is 0 Å². The van der Waals surface area contributed by atoms with Gasteiger partial charge in [-0.3, -0.25) is 9.69 Å². The second-order valence-electron chi connectivity index (χ2n) is 6.65. The normalized spacial score (nSPS) is 20.6. The van der Waals surface area contributed by atoms with Crippen molar-refractivity contribution >= 4 is 5.91 Å². The van der Waals surface area contributed by atoms with Gasteiger partial charge in [-0.15, -0.1) is 0 Å². The molecule has 138 valence electrons. The van der Waals surface area contributed by atoms with Gasteiger partial charge in [-0.1, -0.05) is 18.2 Å². The summed E-state index contributed by atoms with van der Waals surface area (Å²) in [4.78, 5) is 16.9. The van der Waals surface area contributed by atoms with Crippen molar-refractivity contribution in [2.75, 3.05) is 45.9 Å². The predicted octanol–water partition coefficient (Wildman–Crippen LogP) is 1.67. The molecule has 0 N–H and O–H groups in total. The molecule has 6 nitrogen and oxygen atoms in total. The summed E-state index contributed by atoms with van der Waals surface area (Å²) in [5.41, 5.74) is 1.04. The number of aryl methyl sites for hydroxylation is 1. The molecule has 6 heteroatoms. The van der Waals surface area contributed by atoms with E-state index in [1.54, 1.807) is 0 Å². The van der Waals surface area contributed by atoms with Gasteiger partial charge in [0.25, 0.3) is 5.91 Å². The number of benzene rings is 1. The number of carbonyl (C=O) groups is 1. The van der Waals surface area contributed by atoms with E-state index < -0.39 is 6.10 Å². The molecule has 0 unspecified atom stereocenters. The van der Waals surface area contributed by atoms with Crippen LogP contribution in [0.2, 0.25) is 0 Å². The molecule has 1 aromatic carbocycles. The lowest BCUT2D eigenvalue weighted by molar-refractivity contribution is -0.139. The summed E-state index contributed by atoms with van der Waals surface area (Å²) in [6.07, 6.45) is 0.371. The highest BCUT2D eigenvalue weighted by atomic mass is 16.7. The van der Waals surface area contributed by atoms with E-state index in [2.05, 4.69) is 4.90 Å². The molecule has 25 heavy (non-hydrogen) atoms. The Morgan fingerprint density at radius 3 is 2.56 bits per heavy atom. The Labute approximate surface area is 149 Å². The fourth-order valence-corrected chi connectivity index (χ4v) is 3.24. The molecule has 2 fully saturated rings. The first-order chi connectivity index (χ1) is 12.1. The number of nitrogens with zero attached hydrogens (tertiary/aromatic N) is 2. The largest absolute Gasteiger partial charge is 0.481 e. The maximum Gasteiger partial charge on any atom is 0.263 e. The molecule has 0 bridgehead atoms. The second-order valence-corrected chi connectivity index (χ2v) is 6.65. The summed E-state index contributed by atoms with van der Waals surface area (Å²) in [5.74, 6) is 0.837. The molecule has 2 aliphatic rings. The minimum Gasteiger partial charge on any atom is -0.481 e. The summed E-state index contributed by atoms with van der Waals surface area (Å²) >= 11 is 0. The van der Waals surface area contributed by atoms with Gasteiger partial charge in [-0.05, 0) is 25.5 Å². The van der Waals surface area contributed by atoms with Crippen LogP contribution in [0.25, 0.3) is 0 Å². The van der Waals surface area contributed by atoms with Gasteiger partial charge in [0, 0.05) is 39.1 Å². The fraction of sp³-hybridized carbons (Fsp3) is 0.632. The molecule has 0 aliphatic carbocycles. The van der Waals surface area contributed by atoms with Crippen LogP contribution in [0.5, 0.6) is 5.75 Å². The molecule has 2 saturated heterocycles. The number of carbonyl (C=O) groups excluding carboxylic acids is 1. The number of hydrogen-bond donors (Lipinski definition) is 0. The minimum atomic E-state index is -0.465. The van der Waals surface area contributed by atoms with E-state index in [0.717, 1.165) is 50.5 Å². The molecule has 2 heterocycles. The lowest BCUT2D eigenvalue weighted by atomic mass is 10.2. The fourth-order valence-electron chi connectivity index (χ4n) is 3.24. The molecule has 0 saturated carbocycles. The Hall–Kier alpha value is -1.63. The van der Waals surface area contributed by atoms with Gasteiger partial charge in [0.1, 0.15) is 5.75 Å². The predicted molar refractivity (Wildman–Crippen MR) is 94.6 cm³/mol. The second kappa shape index (κ2) is 8.65. The average Bonchev–Trinajstić information content (AvgIpc) is 3.15. The molecule has 0 aromatic heterocycles. The van der Waals surface area contributed by atoms with Crippen molar-refractivity contribution in [1.82, 2.24) is 9.80 Å². The monoisotopic (exact) mass is 348 g/mol. The van der Waals surface area contributed by atoms with Crippen molar-refractivity contribution in [3.63, 3.8) is 0 Å². The van der Waals surface area contributed by atoms with Crippen LogP contribution >= 0.6 is 0 Å². The van der Waals surface area contributed by atoms with Crippen LogP contribution in [0.4, 0.5) is 0 Å². The molecule has 2 aliphatic heterocycles. The van der Waals surface area contributed by atoms with Crippen LogP contribution in [-0.4, -0.2) is 74.0 Å². The Morgan fingerprint density at radius 2 is 1.88 bits per heavy atom. The van der Waals surface area contributed by atoms with E-state index in [9.17, 15) is 4.79 Å². The Bertz CT molecular complexity index is 566. The Balaban J connectivity index is 1.42. The van der Waals surface area contributed by atoms with E-state index in [0.29, 0.717) is 13.2 Å². The summed E-state index contributed by atoms with van der Waals surface area (Å²) in [5, 5.41) is 0. The van der Waals surface area contributed by atoms with Crippen LogP contribution in [0, 0.1) is 6.92 Å². The topological polar surface area (TPSA) is 51.2 Å². The molecule has 3 rings (SSSR count). The molecule has 1 aromatic rings. The quantitative estimate of drug-likeness (QED) is 0.783. The minimum absolute atomic E-state index is 0.0535. The van der Waals surface area contributed by atoms with E-state index in [1.165, 1.54) is 0 Å². The van der Waals surface area contributed by atoms with E-state index in [1.807, 2.05) is 43.0 Å². The molecule has 0 radical (unpaired) electrons. The lowest BCUT2D eigenvalue weighted by Gasteiger charge is -2.36. The third kappa shape index (κ3) is 4.93. The van der Waals surface area contributed by atoms with Crippen molar-refractivity contribution < 1.29 is 19.0 Å². The highest BCUT2D eigenvalue weighted by molar-refractivity contribution is 5.81. The van der Waals surface area contributed by atoms with Gasteiger partial charge in [-0.25, -0.2) is 0 Å². The SMILES string of the molecule is Cc1ccccc1O[C@@H](C)C(=O)N1CCN(CCC2OCCO2)CC1. The number of ether oxygens (including phenoxy) is 3. The number of rotatable bonds is 6. The number of hydrogen-bond acceptors (Lipinski definition) is 5. The number of amides is 1. The molecule has 1 amide bonds. The third-order valence-electron chi connectivity index (χ3n) is 4.80. The standard InChI is InChI=1S/C19H28N2O4/c1-15-5-3-4-6-17(15)25-16(2)19(22)21-11-9-20(10-12-21)8-7-18-23-13-14-24-18/h3-6,16,18H,7-14H2,1-2H3/t16-/m0/s1. The first-order valence-corrected chi connectivity index (χ1v) is 9.10. The average molecular weight is 348 g/mol. The zero-order chi connectivity index (χ0) is 17.6.